The van der Waals surface area contributed by atoms with Gasteiger partial charge in [-0.2, -0.15) is 4.98 Å². The monoisotopic (exact) mass is 471 g/mol. The Bertz CT molecular complexity index is 1150. The standard InChI is InChI=1S/C21H18ClN5O2S2/c22-16-9-5-4-8-15(16)19-24-18(29-27-19)11-10-17(28)23-20-25-26-21(31-20)30-13-12-14-6-2-1-3-7-14/h1-9H,10-13H2,(H,23,25,28). The zero-order valence-corrected chi connectivity index (χ0v) is 18.7. The van der Waals surface area contributed by atoms with Crippen molar-refractivity contribution in [3.63, 3.8) is 0 Å². The van der Waals surface area contributed by atoms with E-state index in [9.17, 15) is 4.79 Å². The van der Waals surface area contributed by atoms with Crippen LogP contribution < -0.4 is 5.32 Å². The Morgan fingerprint density at radius 3 is 2.71 bits per heavy atom. The van der Waals surface area contributed by atoms with Gasteiger partial charge in [-0.25, -0.2) is 0 Å². The van der Waals surface area contributed by atoms with E-state index in [1.807, 2.05) is 36.4 Å². The van der Waals surface area contributed by atoms with Gasteiger partial charge in [0.25, 0.3) is 0 Å². The van der Waals surface area contributed by atoms with Crippen LogP contribution in [0.4, 0.5) is 5.13 Å². The topological polar surface area (TPSA) is 93.8 Å². The predicted molar refractivity (Wildman–Crippen MR) is 122 cm³/mol. The van der Waals surface area contributed by atoms with Crippen molar-refractivity contribution in [1.29, 1.82) is 0 Å². The van der Waals surface area contributed by atoms with Crippen LogP contribution in [0.5, 0.6) is 0 Å². The highest BCUT2D eigenvalue weighted by Gasteiger charge is 2.14. The summed E-state index contributed by atoms with van der Waals surface area (Å²) in [5, 5.41) is 15.9. The Morgan fingerprint density at radius 2 is 1.87 bits per heavy atom. The number of nitrogens with one attached hydrogen (secondary N) is 1. The van der Waals surface area contributed by atoms with Crippen LogP contribution in [0.25, 0.3) is 11.4 Å². The molecule has 10 heteroatoms. The van der Waals surface area contributed by atoms with Crippen LogP contribution in [-0.2, 0) is 17.6 Å². The van der Waals surface area contributed by atoms with Gasteiger partial charge in [0.15, 0.2) is 4.34 Å². The summed E-state index contributed by atoms with van der Waals surface area (Å²) in [5.41, 5.74) is 1.97. The van der Waals surface area contributed by atoms with E-state index in [0.29, 0.717) is 33.9 Å². The Labute approximate surface area is 192 Å². The molecule has 1 amide bonds. The van der Waals surface area contributed by atoms with Crippen LogP contribution in [-0.4, -0.2) is 32.0 Å². The molecule has 4 aromatic rings. The minimum absolute atomic E-state index is 0.186. The number of halogens is 1. The maximum atomic E-state index is 12.2. The molecule has 2 aromatic carbocycles. The summed E-state index contributed by atoms with van der Waals surface area (Å²) in [4.78, 5) is 16.5. The lowest BCUT2D eigenvalue weighted by Gasteiger charge is -1.99. The molecule has 0 unspecified atom stereocenters. The summed E-state index contributed by atoms with van der Waals surface area (Å²) in [7, 11) is 0. The first-order chi connectivity index (χ1) is 15.2. The van der Waals surface area contributed by atoms with E-state index in [-0.39, 0.29) is 12.3 Å². The van der Waals surface area contributed by atoms with Gasteiger partial charge in [-0.05, 0) is 24.1 Å². The van der Waals surface area contributed by atoms with Crippen LogP contribution in [0, 0.1) is 0 Å². The summed E-state index contributed by atoms with van der Waals surface area (Å²) < 4.78 is 6.06. The fourth-order valence-corrected chi connectivity index (χ4v) is 4.78. The molecule has 2 heterocycles. The summed E-state index contributed by atoms with van der Waals surface area (Å²) in [5.74, 6) is 1.49. The molecule has 0 spiro atoms. The summed E-state index contributed by atoms with van der Waals surface area (Å²) >= 11 is 9.14. The molecule has 0 bridgehead atoms. The highest BCUT2D eigenvalue weighted by Crippen LogP contribution is 2.27. The highest BCUT2D eigenvalue weighted by atomic mass is 35.5. The molecule has 0 atom stereocenters. The molecule has 0 saturated carbocycles. The molecule has 0 fully saturated rings. The number of carbonyl (C=O) groups excluding carboxylic acids is 1. The SMILES string of the molecule is O=C(CCc1nc(-c2ccccc2Cl)no1)Nc1nnc(SCCc2ccccc2)s1. The number of aromatic nitrogens is 4. The number of carbonyl (C=O) groups is 1. The second-order valence-corrected chi connectivity index (χ2v) is 9.22. The van der Waals surface area contributed by atoms with Gasteiger partial charge >= 0.3 is 0 Å². The minimum atomic E-state index is -0.186. The van der Waals surface area contributed by atoms with E-state index in [1.54, 1.807) is 17.8 Å². The average Bonchev–Trinajstić information content (AvgIpc) is 3.43. The predicted octanol–water partition coefficient (Wildman–Crippen LogP) is 5.15. The number of benzene rings is 2. The first-order valence-corrected chi connectivity index (χ1v) is 11.7. The lowest BCUT2D eigenvalue weighted by atomic mass is 10.2. The average molecular weight is 472 g/mol. The van der Waals surface area contributed by atoms with Crippen LogP contribution in [0.1, 0.15) is 17.9 Å². The number of amides is 1. The molecule has 4 rings (SSSR count). The molecule has 0 saturated heterocycles. The first kappa shape index (κ1) is 21.5. The van der Waals surface area contributed by atoms with Gasteiger partial charge in [-0.15, -0.1) is 10.2 Å². The number of nitrogens with zero attached hydrogens (tertiary/aromatic N) is 4. The van der Waals surface area contributed by atoms with E-state index in [2.05, 4.69) is 37.8 Å². The number of hydrogen-bond donors (Lipinski definition) is 1. The van der Waals surface area contributed by atoms with E-state index >= 15 is 0 Å². The molecular formula is C21H18ClN5O2S2. The zero-order chi connectivity index (χ0) is 21.5. The molecular weight excluding hydrogens is 454 g/mol. The van der Waals surface area contributed by atoms with Gasteiger partial charge in [0.05, 0.1) is 5.02 Å². The zero-order valence-electron chi connectivity index (χ0n) is 16.3. The lowest BCUT2D eigenvalue weighted by molar-refractivity contribution is -0.116. The smallest absolute Gasteiger partial charge is 0.227 e. The second kappa shape index (κ2) is 10.5. The summed E-state index contributed by atoms with van der Waals surface area (Å²) in [6.45, 7) is 0. The Balaban J connectivity index is 1.23. The molecule has 2 aromatic heterocycles. The van der Waals surface area contributed by atoms with Crippen molar-refractivity contribution in [3.8, 4) is 11.4 Å². The lowest BCUT2D eigenvalue weighted by Crippen LogP contribution is -2.12. The van der Waals surface area contributed by atoms with Crippen LogP contribution >= 0.6 is 34.7 Å². The van der Waals surface area contributed by atoms with Gasteiger partial charge in [-0.3, -0.25) is 4.79 Å². The highest BCUT2D eigenvalue weighted by molar-refractivity contribution is 8.01. The minimum Gasteiger partial charge on any atom is -0.339 e. The Kier molecular flexibility index (Phi) is 7.29. The van der Waals surface area contributed by atoms with Crippen molar-refractivity contribution in [2.24, 2.45) is 0 Å². The third-order valence-electron chi connectivity index (χ3n) is 4.26. The van der Waals surface area contributed by atoms with Gasteiger partial charge in [0.2, 0.25) is 22.8 Å². The number of anilines is 1. The number of rotatable bonds is 9. The van der Waals surface area contributed by atoms with Gasteiger partial charge in [0.1, 0.15) is 0 Å². The molecule has 7 nitrogen and oxygen atoms in total. The number of thioether (sulfide) groups is 1. The van der Waals surface area contributed by atoms with Crippen molar-refractivity contribution in [1.82, 2.24) is 20.3 Å². The molecule has 158 valence electrons. The molecule has 0 radical (unpaired) electrons. The fourth-order valence-electron chi connectivity index (χ4n) is 2.73. The molecule has 0 aliphatic heterocycles. The van der Waals surface area contributed by atoms with Gasteiger partial charge < -0.3 is 9.84 Å². The van der Waals surface area contributed by atoms with E-state index < -0.39 is 0 Å². The van der Waals surface area contributed by atoms with Crippen molar-refractivity contribution in [2.45, 2.75) is 23.6 Å². The largest absolute Gasteiger partial charge is 0.339 e. The third-order valence-corrected chi connectivity index (χ3v) is 6.56. The van der Waals surface area contributed by atoms with Gasteiger partial charge in [0, 0.05) is 24.2 Å². The normalized spacial score (nSPS) is 10.9. The van der Waals surface area contributed by atoms with Gasteiger partial charge in [-0.1, -0.05) is 82.3 Å². The Hall–Kier alpha value is -2.75. The first-order valence-electron chi connectivity index (χ1n) is 9.55. The van der Waals surface area contributed by atoms with Crippen molar-refractivity contribution < 1.29 is 9.32 Å². The van der Waals surface area contributed by atoms with Crippen molar-refractivity contribution in [2.75, 3.05) is 11.1 Å². The molecule has 1 N–H and O–H groups in total. The molecule has 0 aliphatic rings. The van der Waals surface area contributed by atoms with Crippen molar-refractivity contribution >= 4 is 45.7 Å². The maximum absolute atomic E-state index is 12.2. The van der Waals surface area contributed by atoms with Crippen LogP contribution in [0.15, 0.2) is 63.5 Å². The van der Waals surface area contributed by atoms with Crippen LogP contribution in [0.3, 0.4) is 0 Å². The Morgan fingerprint density at radius 1 is 1.06 bits per heavy atom. The van der Waals surface area contributed by atoms with Crippen molar-refractivity contribution in [3.05, 3.63) is 71.1 Å². The maximum Gasteiger partial charge on any atom is 0.227 e. The summed E-state index contributed by atoms with van der Waals surface area (Å²) in [6.07, 6.45) is 1.47. The second-order valence-electron chi connectivity index (χ2n) is 6.50. The quantitative estimate of drug-likeness (QED) is 0.266. The van der Waals surface area contributed by atoms with E-state index in [0.717, 1.165) is 16.5 Å². The van der Waals surface area contributed by atoms with Crippen LogP contribution in [0.2, 0.25) is 5.02 Å². The van der Waals surface area contributed by atoms with E-state index in [4.69, 9.17) is 16.1 Å². The fraction of sp³-hybridized carbons (Fsp3) is 0.190. The van der Waals surface area contributed by atoms with E-state index in [1.165, 1.54) is 16.9 Å². The molecule has 0 aliphatic carbocycles. The molecule has 31 heavy (non-hydrogen) atoms. The number of aryl methyl sites for hydroxylation is 2. The summed E-state index contributed by atoms with van der Waals surface area (Å²) in [6, 6.07) is 17.5. The third kappa shape index (κ3) is 6.13. The number of hydrogen-bond acceptors (Lipinski definition) is 8.